The van der Waals surface area contributed by atoms with Crippen LogP contribution in [0.3, 0.4) is 0 Å². The van der Waals surface area contributed by atoms with E-state index < -0.39 is 15.1 Å². The van der Waals surface area contributed by atoms with E-state index in [1.807, 2.05) is 19.1 Å². The number of hydrogen-bond donors (Lipinski definition) is 0. The Morgan fingerprint density at radius 2 is 2.16 bits per heavy atom. The zero-order valence-corrected chi connectivity index (χ0v) is 15.1. The predicted octanol–water partition coefficient (Wildman–Crippen LogP) is 2.64. The van der Waals surface area contributed by atoms with Gasteiger partial charge in [0.05, 0.1) is 26.7 Å². The molecule has 0 atom stereocenters. The van der Waals surface area contributed by atoms with Gasteiger partial charge in [-0.05, 0) is 37.3 Å². The van der Waals surface area contributed by atoms with Crippen molar-refractivity contribution in [2.45, 2.75) is 17.9 Å². The average molecular weight is 376 g/mol. The van der Waals surface area contributed by atoms with Crippen molar-refractivity contribution in [3.63, 3.8) is 0 Å². The number of likely N-dealkylation sites (tertiary alicyclic amines) is 1. The minimum absolute atomic E-state index is 0.126. The number of aromatic nitrogens is 1. The Kier molecular flexibility index (Phi) is 3.88. The summed E-state index contributed by atoms with van der Waals surface area (Å²) in [6, 6.07) is 8.71. The highest BCUT2D eigenvalue weighted by Gasteiger charge is 2.40. The molecule has 1 aliphatic heterocycles. The molecule has 0 unspecified atom stereocenters. The second-order valence-electron chi connectivity index (χ2n) is 6.13. The zero-order valence-electron chi connectivity index (χ0n) is 13.5. The van der Waals surface area contributed by atoms with Crippen molar-refractivity contribution < 1.29 is 17.6 Å². The van der Waals surface area contributed by atoms with Gasteiger partial charge in [-0.25, -0.2) is 13.4 Å². The highest BCUT2D eigenvalue weighted by Crippen LogP contribution is 2.26. The molecule has 1 aromatic carbocycles. The molecule has 1 fully saturated rings. The van der Waals surface area contributed by atoms with Gasteiger partial charge in [-0.15, -0.1) is 11.3 Å². The average Bonchev–Trinajstić information content (AvgIpc) is 3.11. The number of nitrogens with zero attached hydrogens (tertiary/aromatic N) is 2. The van der Waals surface area contributed by atoms with Gasteiger partial charge in [0.1, 0.15) is 11.5 Å². The summed E-state index contributed by atoms with van der Waals surface area (Å²) in [4.78, 5) is 18.5. The monoisotopic (exact) mass is 376 g/mol. The minimum Gasteiger partial charge on any atom is -0.468 e. The van der Waals surface area contributed by atoms with E-state index in [4.69, 9.17) is 4.42 Å². The normalized spacial score (nSPS) is 15.5. The maximum Gasteiger partial charge on any atom is 0.253 e. The van der Waals surface area contributed by atoms with Crippen LogP contribution in [0, 0.1) is 6.92 Å². The van der Waals surface area contributed by atoms with E-state index in [1.54, 1.807) is 23.1 Å². The molecule has 3 aromatic rings. The summed E-state index contributed by atoms with van der Waals surface area (Å²) in [7, 11) is -3.32. The summed E-state index contributed by atoms with van der Waals surface area (Å²) >= 11 is 1.54. The molecule has 1 amide bonds. The molecule has 2 aromatic heterocycles. The van der Waals surface area contributed by atoms with Crippen molar-refractivity contribution in [2.24, 2.45) is 0 Å². The van der Waals surface area contributed by atoms with Gasteiger partial charge >= 0.3 is 0 Å². The van der Waals surface area contributed by atoms with Crippen LogP contribution in [0.2, 0.25) is 0 Å². The smallest absolute Gasteiger partial charge is 0.253 e. The number of amides is 1. The molecule has 25 heavy (non-hydrogen) atoms. The summed E-state index contributed by atoms with van der Waals surface area (Å²) < 4.78 is 30.8. The summed E-state index contributed by atoms with van der Waals surface area (Å²) in [6.45, 7) is 2.37. The first-order chi connectivity index (χ1) is 11.9. The molecule has 1 aliphatic rings. The summed E-state index contributed by atoms with van der Waals surface area (Å²) in [5.74, 6) is 0.159. The van der Waals surface area contributed by atoms with Crippen LogP contribution in [0.5, 0.6) is 0 Å². The molecule has 0 aliphatic carbocycles. The molecule has 4 rings (SSSR count). The predicted molar refractivity (Wildman–Crippen MR) is 95.4 cm³/mol. The molecule has 6 nitrogen and oxygen atoms in total. The van der Waals surface area contributed by atoms with Crippen molar-refractivity contribution in [3.8, 4) is 0 Å². The van der Waals surface area contributed by atoms with Gasteiger partial charge in [0.15, 0.2) is 9.84 Å². The molecule has 0 N–H and O–H groups in total. The van der Waals surface area contributed by atoms with Gasteiger partial charge in [-0.3, -0.25) is 4.79 Å². The number of hydrogen-bond acceptors (Lipinski definition) is 6. The van der Waals surface area contributed by atoms with Crippen LogP contribution in [0.4, 0.5) is 0 Å². The number of carbonyl (C=O) groups is 1. The van der Waals surface area contributed by atoms with Crippen LogP contribution in [0.1, 0.15) is 21.1 Å². The van der Waals surface area contributed by atoms with Gasteiger partial charge < -0.3 is 9.32 Å². The van der Waals surface area contributed by atoms with Crippen molar-refractivity contribution in [2.75, 3.05) is 13.1 Å². The maximum absolute atomic E-state index is 12.6. The van der Waals surface area contributed by atoms with Gasteiger partial charge in [0.25, 0.3) is 5.91 Å². The lowest BCUT2D eigenvalue weighted by Gasteiger charge is -2.38. The number of fused-ring (bicyclic) bond motifs is 1. The topological polar surface area (TPSA) is 80.5 Å². The highest BCUT2D eigenvalue weighted by molar-refractivity contribution is 7.91. The van der Waals surface area contributed by atoms with Crippen LogP contribution in [0.15, 0.2) is 41.0 Å². The first-order valence-corrected chi connectivity index (χ1v) is 10.4. The van der Waals surface area contributed by atoms with E-state index >= 15 is 0 Å². The van der Waals surface area contributed by atoms with E-state index in [0.717, 1.165) is 15.2 Å². The maximum atomic E-state index is 12.6. The number of carbonyl (C=O) groups excluding carboxylic acids is 1. The zero-order chi connectivity index (χ0) is 17.6. The Bertz CT molecular complexity index is 1030. The number of rotatable bonds is 4. The molecule has 8 heteroatoms. The lowest BCUT2D eigenvalue weighted by atomic mass is 10.1. The Morgan fingerprint density at radius 3 is 2.88 bits per heavy atom. The molecule has 1 saturated heterocycles. The van der Waals surface area contributed by atoms with Crippen molar-refractivity contribution in [1.29, 1.82) is 0 Å². The molecule has 0 bridgehead atoms. The lowest BCUT2D eigenvalue weighted by molar-refractivity contribution is 0.0659. The Balaban J connectivity index is 1.44. The quantitative estimate of drug-likeness (QED) is 0.699. The molecule has 130 valence electrons. The fourth-order valence-electron chi connectivity index (χ4n) is 2.90. The molecule has 0 radical (unpaired) electrons. The Hall–Kier alpha value is -2.19. The molecule has 0 saturated carbocycles. The standard InChI is InChI=1S/C17H16N2O4S2/c1-11-18-15-5-4-12(7-16(15)24-11)17(20)19-8-14(9-19)25(21,22)10-13-3-2-6-23-13/h2-7,14H,8-10H2,1H3. The first-order valence-electron chi connectivity index (χ1n) is 7.83. The van der Waals surface area contributed by atoms with E-state index in [-0.39, 0.29) is 24.7 Å². The molecule has 3 heterocycles. The molecular formula is C17H16N2O4S2. The Morgan fingerprint density at radius 1 is 1.36 bits per heavy atom. The van der Waals surface area contributed by atoms with Gasteiger partial charge in [-0.1, -0.05) is 0 Å². The fraction of sp³-hybridized carbons (Fsp3) is 0.294. The Labute approximate surface area is 149 Å². The summed E-state index contributed by atoms with van der Waals surface area (Å²) in [5, 5.41) is 0.420. The fourth-order valence-corrected chi connectivity index (χ4v) is 5.37. The highest BCUT2D eigenvalue weighted by atomic mass is 32.2. The second kappa shape index (κ2) is 5.96. The van der Waals surface area contributed by atoms with Crippen LogP contribution in [-0.2, 0) is 15.6 Å². The minimum atomic E-state index is -3.32. The number of thiazole rings is 1. The van der Waals surface area contributed by atoms with Crippen molar-refractivity contribution in [1.82, 2.24) is 9.88 Å². The van der Waals surface area contributed by atoms with Gasteiger partial charge in [-0.2, -0.15) is 0 Å². The van der Waals surface area contributed by atoms with E-state index in [2.05, 4.69) is 4.98 Å². The second-order valence-corrected chi connectivity index (χ2v) is 9.65. The summed E-state index contributed by atoms with van der Waals surface area (Å²) in [5.41, 5.74) is 1.44. The van der Waals surface area contributed by atoms with Gasteiger partial charge in [0, 0.05) is 18.7 Å². The molecule has 0 spiro atoms. The van der Waals surface area contributed by atoms with Crippen molar-refractivity contribution >= 4 is 37.3 Å². The third kappa shape index (κ3) is 3.07. The first kappa shape index (κ1) is 16.3. The van der Waals surface area contributed by atoms with Crippen LogP contribution in [-0.4, -0.2) is 42.5 Å². The third-order valence-electron chi connectivity index (χ3n) is 4.31. The van der Waals surface area contributed by atoms with Crippen LogP contribution < -0.4 is 0 Å². The lowest BCUT2D eigenvalue weighted by Crippen LogP contribution is -2.57. The van der Waals surface area contributed by atoms with Crippen LogP contribution in [0.25, 0.3) is 10.2 Å². The van der Waals surface area contributed by atoms with E-state index in [0.29, 0.717) is 11.3 Å². The summed E-state index contributed by atoms with van der Waals surface area (Å²) in [6.07, 6.45) is 1.46. The van der Waals surface area contributed by atoms with E-state index in [1.165, 1.54) is 17.6 Å². The van der Waals surface area contributed by atoms with Crippen LogP contribution >= 0.6 is 11.3 Å². The number of furan rings is 1. The van der Waals surface area contributed by atoms with Gasteiger partial charge in [0.2, 0.25) is 0 Å². The number of sulfone groups is 1. The number of aryl methyl sites for hydroxylation is 1. The SMILES string of the molecule is Cc1nc2ccc(C(=O)N3CC(S(=O)(=O)Cc4ccco4)C3)cc2s1. The molecular weight excluding hydrogens is 360 g/mol. The van der Waals surface area contributed by atoms with E-state index in [9.17, 15) is 13.2 Å². The van der Waals surface area contributed by atoms with Crippen molar-refractivity contribution in [3.05, 3.63) is 52.9 Å². The largest absolute Gasteiger partial charge is 0.468 e. The number of benzene rings is 1. The third-order valence-corrected chi connectivity index (χ3v) is 7.24.